The van der Waals surface area contributed by atoms with Gasteiger partial charge in [0.1, 0.15) is 0 Å². The van der Waals surface area contributed by atoms with Gasteiger partial charge in [-0.1, -0.05) is 74.0 Å². The lowest BCUT2D eigenvalue weighted by Crippen LogP contribution is -2.23. The zero-order valence-electron chi connectivity index (χ0n) is 17.9. The number of nitrogens with one attached hydrogen (secondary N) is 2. The first-order valence-electron chi connectivity index (χ1n) is 9.59. The molecule has 1 aliphatic carbocycles. The van der Waals surface area contributed by atoms with Crippen LogP contribution in [0.3, 0.4) is 0 Å². The van der Waals surface area contributed by atoms with Crippen molar-refractivity contribution in [3.8, 4) is 0 Å². The first-order valence-corrected chi connectivity index (χ1v) is 10.5. The van der Waals surface area contributed by atoms with Gasteiger partial charge in [0.15, 0.2) is 0 Å². The standard InChI is InChI=1S/C12H13ClN2OS.C9H11NO.C2H6/c1-9(7-17)14-8-15-12(16)10-5-3-2-4-6-11(10)13;1-8(11)10-7-9-5-3-2-4-6-9;1-2/h3-8,17H,2H2,1H3,(H,14,15,16);2-6H,7H2,1H3,(H,10,11);1-2H3/b9-7-;;. The topological polar surface area (TPSA) is 70.6 Å². The molecule has 0 saturated carbocycles. The molecule has 7 heteroatoms. The average molecular weight is 448 g/mol. The Morgan fingerprint density at radius 2 is 1.77 bits per heavy atom. The molecule has 1 aliphatic rings. The number of nitrogens with zero attached hydrogens (tertiary/aromatic N) is 1. The lowest BCUT2D eigenvalue weighted by atomic mass is 10.2. The van der Waals surface area contributed by atoms with Crippen LogP contribution in [0.1, 0.15) is 39.7 Å². The third-order valence-electron chi connectivity index (χ3n) is 3.36. The third-order valence-corrected chi connectivity index (χ3v) is 4.06. The van der Waals surface area contributed by atoms with Crippen molar-refractivity contribution >= 4 is 42.4 Å². The fourth-order valence-electron chi connectivity index (χ4n) is 1.92. The average Bonchev–Trinajstić information content (AvgIpc) is 2.99. The fourth-order valence-corrected chi connectivity index (χ4v) is 2.22. The fraction of sp³-hybridized carbons (Fsp3) is 0.261. The Balaban J connectivity index is 0.000000557. The molecule has 1 aromatic rings. The summed E-state index contributed by atoms with van der Waals surface area (Å²) < 4.78 is 0. The van der Waals surface area contributed by atoms with E-state index in [9.17, 15) is 9.59 Å². The molecule has 0 aromatic heterocycles. The number of hydrogen-bond acceptors (Lipinski definition) is 4. The van der Waals surface area contributed by atoms with E-state index >= 15 is 0 Å². The van der Waals surface area contributed by atoms with E-state index in [0.29, 0.717) is 22.8 Å². The number of allylic oxidation sites excluding steroid dienone is 5. The number of rotatable bonds is 5. The van der Waals surface area contributed by atoms with Gasteiger partial charge in [0.25, 0.3) is 5.91 Å². The van der Waals surface area contributed by atoms with E-state index in [0.717, 1.165) is 12.0 Å². The van der Waals surface area contributed by atoms with E-state index in [2.05, 4.69) is 28.3 Å². The van der Waals surface area contributed by atoms with Crippen molar-refractivity contribution in [3.63, 3.8) is 0 Å². The Bertz CT molecular complexity index is 813. The summed E-state index contributed by atoms with van der Waals surface area (Å²) >= 11 is 9.89. The Labute approximate surface area is 190 Å². The highest BCUT2D eigenvalue weighted by Crippen LogP contribution is 2.16. The zero-order chi connectivity index (χ0) is 22.8. The molecule has 0 aliphatic heterocycles. The van der Waals surface area contributed by atoms with Crippen molar-refractivity contribution in [1.29, 1.82) is 0 Å². The van der Waals surface area contributed by atoms with Crippen molar-refractivity contribution in [2.75, 3.05) is 0 Å². The molecule has 0 spiro atoms. The number of amides is 2. The van der Waals surface area contributed by atoms with Crippen LogP contribution in [0.5, 0.6) is 0 Å². The summed E-state index contributed by atoms with van der Waals surface area (Å²) in [6.07, 6.45) is 9.27. The van der Waals surface area contributed by atoms with Crippen LogP contribution in [0.15, 0.2) is 81.3 Å². The molecule has 0 unspecified atom stereocenters. The second-order valence-electron chi connectivity index (χ2n) is 5.70. The van der Waals surface area contributed by atoms with E-state index in [4.69, 9.17) is 11.6 Å². The van der Waals surface area contributed by atoms with Gasteiger partial charge in [-0.2, -0.15) is 0 Å². The van der Waals surface area contributed by atoms with Crippen LogP contribution in [0, 0.1) is 0 Å². The van der Waals surface area contributed by atoms with Gasteiger partial charge in [0.05, 0.1) is 16.9 Å². The third kappa shape index (κ3) is 12.8. The molecule has 0 bridgehead atoms. The van der Waals surface area contributed by atoms with Gasteiger partial charge in [-0.15, -0.1) is 12.6 Å². The number of halogens is 1. The normalized spacial score (nSPS) is 12.9. The molecule has 2 amide bonds. The Kier molecular flexibility index (Phi) is 15.8. The largest absolute Gasteiger partial charge is 0.352 e. The molecular weight excluding hydrogens is 418 g/mol. The van der Waals surface area contributed by atoms with Crippen LogP contribution < -0.4 is 10.6 Å². The minimum Gasteiger partial charge on any atom is -0.352 e. The smallest absolute Gasteiger partial charge is 0.257 e. The summed E-state index contributed by atoms with van der Waals surface area (Å²) in [7, 11) is 0. The highest BCUT2D eigenvalue weighted by molar-refractivity contribution is 7.83. The quantitative estimate of drug-likeness (QED) is 0.326. The van der Waals surface area contributed by atoms with Gasteiger partial charge < -0.3 is 10.6 Å². The highest BCUT2D eigenvalue weighted by atomic mass is 35.5. The summed E-state index contributed by atoms with van der Waals surface area (Å²) in [6, 6.07) is 9.83. The second-order valence-corrected chi connectivity index (χ2v) is 6.36. The van der Waals surface area contributed by atoms with Crippen molar-refractivity contribution < 1.29 is 9.59 Å². The van der Waals surface area contributed by atoms with E-state index in [1.165, 1.54) is 13.3 Å². The lowest BCUT2D eigenvalue weighted by Gasteiger charge is -2.01. The Hall–Kier alpha value is -2.57. The number of hydrogen-bond donors (Lipinski definition) is 3. The molecule has 0 atom stereocenters. The van der Waals surface area contributed by atoms with E-state index in [-0.39, 0.29) is 11.8 Å². The van der Waals surface area contributed by atoms with Crippen LogP contribution in [0.4, 0.5) is 0 Å². The number of benzene rings is 1. The summed E-state index contributed by atoms with van der Waals surface area (Å²) in [6.45, 7) is 7.91. The summed E-state index contributed by atoms with van der Waals surface area (Å²) in [5, 5.41) is 7.23. The first-order chi connectivity index (χ1) is 14.4. The summed E-state index contributed by atoms with van der Waals surface area (Å²) in [5.74, 6) is -0.276. The predicted octanol–water partition coefficient (Wildman–Crippen LogP) is 5.28. The first kappa shape index (κ1) is 27.4. The van der Waals surface area contributed by atoms with Crippen LogP contribution in [0.25, 0.3) is 0 Å². The number of thiol groups is 1. The monoisotopic (exact) mass is 447 g/mol. The van der Waals surface area contributed by atoms with Crippen molar-refractivity contribution in [3.05, 3.63) is 81.9 Å². The van der Waals surface area contributed by atoms with Gasteiger partial charge in [-0.3, -0.25) is 9.59 Å². The van der Waals surface area contributed by atoms with Crippen molar-refractivity contribution in [1.82, 2.24) is 10.6 Å². The van der Waals surface area contributed by atoms with E-state index < -0.39 is 0 Å². The number of aliphatic imine (C=N–C) groups is 1. The molecule has 0 radical (unpaired) electrons. The van der Waals surface area contributed by atoms with Crippen LogP contribution >= 0.6 is 24.2 Å². The molecule has 1 aromatic carbocycles. The minimum atomic E-state index is -0.284. The second kappa shape index (κ2) is 17.3. The van der Waals surface area contributed by atoms with Crippen molar-refractivity contribution in [2.45, 2.75) is 40.7 Å². The van der Waals surface area contributed by atoms with Crippen molar-refractivity contribution in [2.24, 2.45) is 4.99 Å². The molecule has 0 saturated heterocycles. The van der Waals surface area contributed by atoms with E-state index in [1.54, 1.807) is 24.5 Å². The highest BCUT2D eigenvalue weighted by Gasteiger charge is 2.09. The SMILES string of the molecule is C/C(=C/S)N=CNC(=O)C1=C(Cl)C=CCC=C1.CC.CC(=O)NCc1ccccc1. The number of carbonyl (C=O) groups excluding carboxylic acids is 2. The molecule has 2 rings (SSSR count). The van der Waals surface area contributed by atoms with Gasteiger partial charge in [-0.25, -0.2) is 4.99 Å². The van der Waals surface area contributed by atoms with Crippen LogP contribution in [-0.2, 0) is 16.1 Å². The Morgan fingerprint density at radius 3 is 2.37 bits per heavy atom. The van der Waals surface area contributed by atoms with Crippen LogP contribution in [0.2, 0.25) is 0 Å². The summed E-state index contributed by atoms with van der Waals surface area (Å²) in [5.41, 5.74) is 2.26. The lowest BCUT2D eigenvalue weighted by molar-refractivity contribution is -0.119. The molecule has 0 fully saturated rings. The molecule has 2 N–H and O–H groups in total. The van der Waals surface area contributed by atoms with Crippen LogP contribution in [-0.4, -0.2) is 18.2 Å². The molecule has 162 valence electrons. The van der Waals surface area contributed by atoms with Gasteiger partial charge in [0.2, 0.25) is 5.91 Å². The summed E-state index contributed by atoms with van der Waals surface area (Å²) in [4.78, 5) is 26.2. The van der Waals surface area contributed by atoms with Gasteiger partial charge >= 0.3 is 0 Å². The maximum atomic E-state index is 11.8. The maximum absolute atomic E-state index is 11.8. The minimum absolute atomic E-state index is 0.00820. The maximum Gasteiger partial charge on any atom is 0.257 e. The Morgan fingerprint density at radius 1 is 1.13 bits per heavy atom. The number of carbonyl (C=O) groups is 2. The van der Waals surface area contributed by atoms with Gasteiger partial charge in [0, 0.05) is 19.2 Å². The van der Waals surface area contributed by atoms with Gasteiger partial charge in [-0.05, 0) is 30.4 Å². The molecule has 5 nitrogen and oxygen atoms in total. The zero-order valence-corrected chi connectivity index (χ0v) is 19.5. The molecule has 0 heterocycles. The molecular formula is C23H30ClN3O2S. The van der Waals surface area contributed by atoms with E-state index in [1.807, 2.05) is 56.3 Å². The molecule has 30 heavy (non-hydrogen) atoms. The predicted molar refractivity (Wildman–Crippen MR) is 130 cm³/mol.